The van der Waals surface area contributed by atoms with Gasteiger partial charge in [-0.3, -0.25) is 4.98 Å². The van der Waals surface area contributed by atoms with E-state index in [4.69, 9.17) is 16.7 Å². The molecule has 3 rings (SSSR count). The van der Waals surface area contributed by atoms with E-state index >= 15 is 0 Å². The van der Waals surface area contributed by atoms with Crippen molar-refractivity contribution in [3.05, 3.63) is 29.3 Å². The average Bonchev–Trinajstić information content (AvgIpc) is 2.75. The van der Waals surface area contributed by atoms with Crippen molar-refractivity contribution in [1.29, 1.82) is 0 Å². The Kier molecular flexibility index (Phi) is 1.99. The van der Waals surface area contributed by atoms with Crippen LogP contribution in [0, 0.1) is 0 Å². The predicted octanol–water partition coefficient (Wildman–Crippen LogP) is 1.86. The number of rotatable bonds is 1. The van der Waals surface area contributed by atoms with Gasteiger partial charge in [0.15, 0.2) is 0 Å². The Hall–Kier alpha value is -2.21. The molecule has 0 unspecified atom stereocenters. The first-order valence-electron chi connectivity index (χ1n) is 4.69. The molecule has 0 bridgehead atoms. The first-order chi connectivity index (χ1) is 8.16. The molecule has 0 saturated heterocycles. The van der Waals surface area contributed by atoms with Gasteiger partial charge in [-0.1, -0.05) is 11.6 Å². The zero-order valence-electron chi connectivity index (χ0n) is 8.31. The fourth-order valence-electron chi connectivity index (χ4n) is 1.64. The number of hydrogen-bond donors (Lipinski definition) is 2. The van der Waals surface area contributed by atoms with Gasteiger partial charge in [-0.2, -0.15) is 0 Å². The molecule has 2 heterocycles. The van der Waals surface area contributed by atoms with Crippen molar-refractivity contribution in [2.75, 3.05) is 0 Å². The van der Waals surface area contributed by atoms with Gasteiger partial charge >= 0.3 is 5.97 Å². The van der Waals surface area contributed by atoms with Crippen LogP contribution in [0.2, 0.25) is 5.02 Å². The molecule has 17 heavy (non-hydrogen) atoms. The molecule has 3 aromatic rings. The smallest absolute Gasteiger partial charge is 0.373 e. The van der Waals surface area contributed by atoms with Crippen LogP contribution in [0.25, 0.3) is 22.1 Å². The summed E-state index contributed by atoms with van der Waals surface area (Å²) in [6.07, 6.45) is 3.21. The number of hydrogen-bond acceptors (Lipinski definition) is 4. The second kappa shape index (κ2) is 3.39. The van der Waals surface area contributed by atoms with Gasteiger partial charge in [-0.15, -0.1) is 0 Å². The maximum atomic E-state index is 10.8. The second-order valence-electron chi connectivity index (χ2n) is 3.39. The molecule has 0 aliphatic rings. The van der Waals surface area contributed by atoms with Crippen molar-refractivity contribution in [3.8, 4) is 0 Å². The van der Waals surface area contributed by atoms with Crippen LogP contribution in [-0.4, -0.2) is 31.0 Å². The van der Waals surface area contributed by atoms with Crippen molar-refractivity contribution in [2.24, 2.45) is 0 Å². The topological polar surface area (TPSA) is 91.8 Å². The van der Waals surface area contributed by atoms with E-state index in [2.05, 4.69) is 19.9 Å². The lowest BCUT2D eigenvalue weighted by molar-refractivity contribution is 0.0685. The SMILES string of the molecule is O=C(O)c1nc2c(Cl)cc3[nH]ccnc3c2n1. The molecular formula is C10H5ClN4O2. The van der Waals surface area contributed by atoms with E-state index in [1.807, 2.05) is 0 Å². The van der Waals surface area contributed by atoms with E-state index in [0.717, 1.165) is 0 Å². The van der Waals surface area contributed by atoms with Gasteiger partial charge < -0.3 is 10.1 Å². The Labute approximate surface area is 99.3 Å². The number of carbonyl (C=O) groups is 1. The molecule has 1 aromatic carbocycles. The van der Waals surface area contributed by atoms with Gasteiger partial charge in [-0.05, 0) is 6.07 Å². The summed E-state index contributed by atoms with van der Waals surface area (Å²) in [5.74, 6) is -1.47. The first-order valence-corrected chi connectivity index (χ1v) is 5.07. The Morgan fingerprint density at radius 2 is 2.06 bits per heavy atom. The Morgan fingerprint density at radius 3 is 2.82 bits per heavy atom. The van der Waals surface area contributed by atoms with Crippen molar-refractivity contribution < 1.29 is 9.90 Å². The zero-order valence-corrected chi connectivity index (χ0v) is 9.06. The predicted molar refractivity (Wildman–Crippen MR) is 61.2 cm³/mol. The summed E-state index contributed by atoms with van der Waals surface area (Å²) in [5, 5.41) is 9.20. The van der Waals surface area contributed by atoms with E-state index in [0.29, 0.717) is 27.1 Å². The largest absolute Gasteiger partial charge is 0.475 e. The minimum atomic E-state index is -1.19. The lowest BCUT2D eigenvalue weighted by Gasteiger charge is -1.98. The number of aromatic amines is 1. The Bertz CT molecular complexity index is 752. The van der Waals surface area contributed by atoms with Crippen LogP contribution in [0.3, 0.4) is 0 Å². The van der Waals surface area contributed by atoms with Crippen LogP contribution in [0.15, 0.2) is 18.5 Å². The number of nitrogens with zero attached hydrogens (tertiary/aromatic N) is 3. The number of halogens is 1. The minimum absolute atomic E-state index is 0.278. The summed E-state index contributed by atoms with van der Waals surface area (Å²) in [6, 6.07) is 1.65. The molecule has 6 nitrogen and oxygen atoms in total. The highest BCUT2D eigenvalue weighted by atomic mass is 35.5. The van der Waals surface area contributed by atoms with Gasteiger partial charge in [0.1, 0.15) is 16.6 Å². The number of aromatic nitrogens is 4. The van der Waals surface area contributed by atoms with Crippen LogP contribution in [0.1, 0.15) is 10.6 Å². The molecule has 0 amide bonds. The number of carboxylic acids is 1. The number of fused-ring (bicyclic) bond motifs is 3. The minimum Gasteiger partial charge on any atom is -0.475 e. The molecule has 7 heteroatoms. The highest BCUT2D eigenvalue weighted by Crippen LogP contribution is 2.27. The second-order valence-corrected chi connectivity index (χ2v) is 3.80. The first kappa shape index (κ1) is 9.98. The maximum Gasteiger partial charge on any atom is 0.373 e. The number of nitrogens with one attached hydrogen (secondary N) is 1. The van der Waals surface area contributed by atoms with Crippen LogP contribution >= 0.6 is 11.6 Å². The number of benzene rings is 1. The fourth-order valence-corrected chi connectivity index (χ4v) is 1.88. The number of imidazole rings is 1. The van der Waals surface area contributed by atoms with Gasteiger partial charge in [0.25, 0.3) is 0 Å². The quantitative estimate of drug-likeness (QED) is 0.686. The third-order valence-electron chi connectivity index (χ3n) is 2.34. The fraction of sp³-hybridized carbons (Fsp3) is 0. The molecule has 0 aliphatic carbocycles. The highest BCUT2D eigenvalue weighted by molar-refractivity contribution is 6.36. The molecule has 2 aromatic heterocycles. The third-order valence-corrected chi connectivity index (χ3v) is 2.63. The summed E-state index contributed by atoms with van der Waals surface area (Å²) >= 11 is 6.01. The van der Waals surface area contributed by atoms with Crippen molar-refractivity contribution >= 4 is 39.6 Å². The van der Waals surface area contributed by atoms with Gasteiger partial charge in [-0.25, -0.2) is 14.8 Å². The number of H-pyrrole nitrogens is 1. The summed E-state index contributed by atoms with van der Waals surface area (Å²) in [5.41, 5.74) is 1.97. The summed E-state index contributed by atoms with van der Waals surface area (Å²) < 4.78 is 0. The maximum absolute atomic E-state index is 10.8. The van der Waals surface area contributed by atoms with Crippen LogP contribution in [-0.2, 0) is 0 Å². The Morgan fingerprint density at radius 1 is 1.29 bits per heavy atom. The summed E-state index contributed by atoms with van der Waals surface area (Å²) in [7, 11) is 0. The van der Waals surface area contributed by atoms with Gasteiger partial charge in [0, 0.05) is 12.4 Å². The normalized spacial score (nSPS) is 11.1. The van der Waals surface area contributed by atoms with Crippen molar-refractivity contribution in [3.63, 3.8) is 0 Å². The molecule has 84 valence electrons. The molecule has 0 aliphatic heterocycles. The van der Waals surface area contributed by atoms with Crippen LogP contribution in [0.4, 0.5) is 0 Å². The van der Waals surface area contributed by atoms with E-state index in [1.54, 1.807) is 18.5 Å². The molecule has 0 radical (unpaired) electrons. The molecule has 0 fully saturated rings. The number of carboxylic acid groups (broad SMARTS) is 1. The summed E-state index contributed by atoms with van der Waals surface area (Å²) in [6.45, 7) is 0. The molecule has 0 atom stereocenters. The highest BCUT2D eigenvalue weighted by Gasteiger charge is 2.16. The summed E-state index contributed by atoms with van der Waals surface area (Å²) in [4.78, 5) is 25.7. The third kappa shape index (κ3) is 1.42. The zero-order chi connectivity index (χ0) is 12.0. The lowest BCUT2D eigenvalue weighted by atomic mass is 10.2. The Balaban J connectivity index is 2.51. The van der Waals surface area contributed by atoms with Gasteiger partial charge in [0.2, 0.25) is 5.82 Å². The average molecular weight is 249 g/mol. The van der Waals surface area contributed by atoms with Crippen LogP contribution < -0.4 is 0 Å². The van der Waals surface area contributed by atoms with E-state index < -0.39 is 5.97 Å². The van der Waals surface area contributed by atoms with Crippen LogP contribution in [0.5, 0.6) is 0 Å². The standard InChI is InChI=1S/C10H5ClN4O2/c11-4-3-5-7(13-2-1-12-5)8-6(4)14-9(15-8)10(16)17/h1-3,12H,(H,16,17). The molecular weight excluding hydrogens is 244 g/mol. The van der Waals surface area contributed by atoms with Gasteiger partial charge in [0.05, 0.1) is 10.5 Å². The van der Waals surface area contributed by atoms with Crippen molar-refractivity contribution in [1.82, 2.24) is 19.9 Å². The molecule has 0 saturated carbocycles. The number of aromatic carboxylic acids is 1. The molecule has 0 spiro atoms. The van der Waals surface area contributed by atoms with E-state index in [1.165, 1.54) is 0 Å². The molecule has 2 N–H and O–H groups in total. The van der Waals surface area contributed by atoms with Crippen molar-refractivity contribution in [2.45, 2.75) is 0 Å². The monoisotopic (exact) mass is 248 g/mol. The van der Waals surface area contributed by atoms with E-state index in [-0.39, 0.29) is 5.82 Å². The lowest BCUT2D eigenvalue weighted by Crippen LogP contribution is -1.97. The van der Waals surface area contributed by atoms with E-state index in [9.17, 15) is 4.79 Å².